The highest BCUT2D eigenvalue weighted by atomic mass is 31.1. The lowest BCUT2D eigenvalue weighted by molar-refractivity contribution is -0.122. The lowest BCUT2D eigenvalue weighted by Crippen LogP contribution is -2.32. The van der Waals surface area contributed by atoms with Crippen LogP contribution in [0.2, 0.25) is 0 Å². The molecule has 2 aromatic rings. The van der Waals surface area contributed by atoms with E-state index >= 15 is 0 Å². The third kappa shape index (κ3) is 3.42. The summed E-state index contributed by atoms with van der Waals surface area (Å²) >= 11 is 0. The van der Waals surface area contributed by atoms with E-state index in [0.29, 0.717) is 37.6 Å². The third-order valence-electron chi connectivity index (χ3n) is 4.28. The molecule has 0 radical (unpaired) electrons. The number of H-pyrrole nitrogens is 1. The van der Waals surface area contributed by atoms with Gasteiger partial charge >= 0.3 is 0 Å². The maximum atomic E-state index is 12.5. The number of hydrogen-bond acceptors (Lipinski definition) is 3. The zero-order chi connectivity index (χ0) is 18.1. The fourth-order valence-electron chi connectivity index (χ4n) is 2.85. The van der Waals surface area contributed by atoms with E-state index in [-0.39, 0.29) is 17.3 Å². The molecule has 25 heavy (non-hydrogen) atoms. The van der Waals surface area contributed by atoms with Crippen LogP contribution in [0, 0.1) is 12.8 Å². The van der Waals surface area contributed by atoms with E-state index in [1.54, 1.807) is 6.07 Å². The van der Waals surface area contributed by atoms with E-state index in [1.165, 1.54) is 10.9 Å². The summed E-state index contributed by atoms with van der Waals surface area (Å²) in [6, 6.07) is 5.45. The summed E-state index contributed by atoms with van der Waals surface area (Å²) in [6.07, 6.45) is 2.49. The van der Waals surface area contributed by atoms with Crippen molar-refractivity contribution in [3.05, 3.63) is 45.8 Å². The fraction of sp³-hybridized carbons (Fsp3) is 0.316. The van der Waals surface area contributed by atoms with Crippen LogP contribution < -0.4 is 16.1 Å². The van der Waals surface area contributed by atoms with Crippen molar-refractivity contribution in [3.63, 3.8) is 0 Å². The lowest BCUT2D eigenvalue weighted by atomic mass is 10.1. The first-order valence-electron chi connectivity index (χ1n) is 8.34. The predicted molar refractivity (Wildman–Crippen MR) is 106 cm³/mol. The second kappa shape index (κ2) is 6.93. The van der Waals surface area contributed by atoms with Crippen molar-refractivity contribution < 1.29 is 4.79 Å². The number of hydrogen-bond donors (Lipinski definition) is 2. The van der Waals surface area contributed by atoms with Crippen molar-refractivity contribution in [2.24, 2.45) is 10.9 Å². The first kappa shape index (κ1) is 17.6. The van der Waals surface area contributed by atoms with Gasteiger partial charge in [-0.3, -0.25) is 9.59 Å². The summed E-state index contributed by atoms with van der Waals surface area (Å²) in [6.45, 7) is 7.85. The van der Waals surface area contributed by atoms with Crippen molar-refractivity contribution in [2.75, 3.05) is 6.66 Å². The number of fused-ring (bicyclic) bond motifs is 1. The van der Waals surface area contributed by atoms with Crippen LogP contribution in [0.1, 0.15) is 31.5 Å². The van der Waals surface area contributed by atoms with Crippen LogP contribution in [0.15, 0.2) is 34.1 Å². The van der Waals surface area contributed by atoms with Crippen LogP contribution >= 0.6 is 8.58 Å². The van der Waals surface area contributed by atoms with E-state index in [1.807, 2.05) is 32.1 Å². The third-order valence-corrected chi connectivity index (χ3v) is 5.42. The van der Waals surface area contributed by atoms with Gasteiger partial charge in [0.1, 0.15) is 5.84 Å². The number of rotatable bonds is 3. The van der Waals surface area contributed by atoms with E-state index in [0.717, 1.165) is 5.52 Å². The maximum Gasteiger partial charge on any atom is 0.227 e. The SMILES string of the molecule is CPc1c(C)ccc2c(=O)cc(C3=CCC(NC(=O)C(C)C)=N3)[nH]c12. The van der Waals surface area contributed by atoms with Crippen LogP contribution in [0.3, 0.4) is 0 Å². The van der Waals surface area contributed by atoms with Crippen LogP contribution in [-0.4, -0.2) is 23.4 Å². The molecule has 3 rings (SSSR count). The standard InChI is InChI=1S/C19H22N3O2P/c1-10(2)19(24)22-16-8-7-13(20-16)14-9-15(23)12-6-5-11(3)18(25-4)17(12)21-14/h5-7,9-10,25H,8H2,1-4H3,(H,21,23)(H,20,22,24). The highest BCUT2D eigenvalue weighted by Crippen LogP contribution is 2.23. The number of amides is 1. The smallest absolute Gasteiger partial charge is 0.227 e. The molecule has 1 aromatic heterocycles. The minimum atomic E-state index is -0.0942. The van der Waals surface area contributed by atoms with Gasteiger partial charge in [-0.1, -0.05) is 28.5 Å². The second-order valence-electron chi connectivity index (χ2n) is 6.47. The Balaban J connectivity index is 2.01. The normalized spacial score (nSPS) is 14.4. The van der Waals surface area contributed by atoms with E-state index in [2.05, 4.69) is 28.9 Å². The number of aromatic amines is 1. The van der Waals surface area contributed by atoms with Gasteiger partial charge in [-0.05, 0) is 36.6 Å². The lowest BCUT2D eigenvalue weighted by Gasteiger charge is -2.10. The summed E-state index contributed by atoms with van der Waals surface area (Å²) in [5.41, 5.74) is 3.44. The topological polar surface area (TPSA) is 74.3 Å². The predicted octanol–water partition coefficient (Wildman–Crippen LogP) is 2.69. The highest BCUT2D eigenvalue weighted by molar-refractivity contribution is 7.47. The fourth-order valence-corrected chi connectivity index (χ4v) is 3.77. The maximum absolute atomic E-state index is 12.5. The first-order chi connectivity index (χ1) is 11.9. The first-order valence-corrected chi connectivity index (χ1v) is 9.84. The van der Waals surface area contributed by atoms with Crippen LogP contribution in [0.25, 0.3) is 16.6 Å². The van der Waals surface area contributed by atoms with Gasteiger partial charge in [0, 0.05) is 23.8 Å². The Bertz CT molecular complexity index is 971. The Morgan fingerprint density at radius 2 is 2.12 bits per heavy atom. The molecule has 5 nitrogen and oxygen atoms in total. The van der Waals surface area contributed by atoms with Gasteiger partial charge in [0.25, 0.3) is 0 Å². The summed E-state index contributed by atoms with van der Waals surface area (Å²) in [4.78, 5) is 32.2. The second-order valence-corrected chi connectivity index (χ2v) is 7.47. The number of aromatic nitrogens is 1. The molecule has 1 atom stereocenters. The highest BCUT2D eigenvalue weighted by Gasteiger charge is 2.17. The molecule has 0 spiro atoms. The van der Waals surface area contributed by atoms with Crippen LogP contribution in [0.4, 0.5) is 0 Å². The molecule has 2 heterocycles. The monoisotopic (exact) mass is 355 g/mol. The summed E-state index contributed by atoms with van der Waals surface area (Å²) in [7, 11) is 0.592. The number of carbonyl (C=O) groups is 1. The number of amidine groups is 1. The van der Waals surface area contributed by atoms with Gasteiger partial charge < -0.3 is 10.3 Å². The number of aryl methyl sites for hydroxylation is 1. The van der Waals surface area contributed by atoms with Crippen molar-refractivity contribution in [1.82, 2.24) is 10.3 Å². The molecule has 0 saturated carbocycles. The summed E-state index contributed by atoms with van der Waals surface area (Å²) in [5.74, 6) is 0.477. The van der Waals surface area contributed by atoms with Gasteiger partial charge in [-0.2, -0.15) is 0 Å². The molecule has 1 aromatic carbocycles. The Labute approximate surface area is 148 Å². The average Bonchev–Trinajstić information content (AvgIpc) is 3.03. The molecule has 1 aliphatic heterocycles. The minimum Gasteiger partial charge on any atom is -0.353 e. The Morgan fingerprint density at radius 3 is 2.80 bits per heavy atom. The van der Waals surface area contributed by atoms with Crippen molar-refractivity contribution in [3.8, 4) is 0 Å². The van der Waals surface area contributed by atoms with Gasteiger partial charge in [0.2, 0.25) is 5.91 Å². The molecule has 6 heteroatoms. The molecular formula is C19H22N3O2P. The molecule has 0 bridgehead atoms. The molecule has 2 N–H and O–H groups in total. The van der Waals surface area contributed by atoms with Gasteiger partial charge in [0.15, 0.2) is 5.43 Å². The number of nitrogens with one attached hydrogen (secondary N) is 2. The minimum absolute atomic E-state index is 0.0148. The zero-order valence-corrected chi connectivity index (χ0v) is 15.9. The van der Waals surface area contributed by atoms with Gasteiger partial charge in [0.05, 0.1) is 16.9 Å². The largest absolute Gasteiger partial charge is 0.353 e. The van der Waals surface area contributed by atoms with E-state index in [9.17, 15) is 9.59 Å². The molecule has 0 aliphatic carbocycles. The molecule has 0 saturated heterocycles. The van der Waals surface area contributed by atoms with Gasteiger partial charge in [-0.15, -0.1) is 0 Å². The Morgan fingerprint density at radius 1 is 1.36 bits per heavy atom. The van der Waals surface area contributed by atoms with Crippen molar-refractivity contribution in [2.45, 2.75) is 27.2 Å². The van der Waals surface area contributed by atoms with Crippen LogP contribution in [0.5, 0.6) is 0 Å². The summed E-state index contributed by atoms with van der Waals surface area (Å²) in [5, 5.41) is 4.71. The van der Waals surface area contributed by atoms with E-state index < -0.39 is 0 Å². The summed E-state index contributed by atoms with van der Waals surface area (Å²) < 4.78 is 0. The number of carbonyl (C=O) groups excluding carboxylic acids is 1. The van der Waals surface area contributed by atoms with Crippen molar-refractivity contribution in [1.29, 1.82) is 0 Å². The number of pyridine rings is 1. The van der Waals surface area contributed by atoms with Gasteiger partial charge in [-0.25, -0.2) is 4.99 Å². The Hall–Kier alpha value is -2.26. The van der Waals surface area contributed by atoms with Crippen molar-refractivity contribution >= 4 is 42.2 Å². The average molecular weight is 355 g/mol. The van der Waals surface area contributed by atoms with Crippen LogP contribution in [-0.2, 0) is 4.79 Å². The number of nitrogens with zero attached hydrogens (tertiary/aromatic N) is 1. The number of benzene rings is 1. The van der Waals surface area contributed by atoms with E-state index in [4.69, 9.17) is 0 Å². The number of aliphatic imine (C=N–C) groups is 1. The molecular weight excluding hydrogens is 333 g/mol. The molecule has 1 aliphatic rings. The quantitative estimate of drug-likeness (QED) is 0.831. The molecule has 0 fully saturated rings. The molecule has 1 unspecified atom stereocenters. The molecule has 1 amide bonds. The zero-order valence-electron chi connectivity index (χ0n) is 14.9. The molecule has 130 valence electrons. The Kier molecular flexibility index (Phi) is 4.87.